The maximum Gasteiger partial charge on any atom is 0.100 e. The lowest BCUT2D eigenvalue weighted by molar-refractivity contribution is 0.169. The van der Waals surface area contributed by atoms with E-state index in [1.165, 1.54) is 0 Å². The van der Waals surface area contributed by atoms with Crippen molar-refractivity contribution in [3.05, 3.63) is 54.6 Å². The van der Waals surface area contributed by atoms with Crippen LogP contribution in [-0.2, 0) is 0 Å². The van der Waals surface area contributed by atoms with Gasteiger partial charge in [-0.25, -0.2) is 4.98 Å². The molecule has 96 valence electrons. The minimum Gasteiger partial charge on any atom is -0.387 e. The van der Waals surface area contributed by atoms with Gasteiger partial charge in [0.15, 0.2) is 0 Å². The Morgan fingerprint density at radius 3 is 2.74 bits per heavy atom. The van der Waals surface area contributed by atoms with Crippen LogP contribution in [0.4, 0.5) is 0 Å². The van der Waals surface area contributed by atoms with Crippen LogP contribution in [0.2, 0.25) is 0 Å². The number of fused-ring (bicyclic) bond motifs is 1. The zero-order chi connectivity index (χ0) is 13.2. The van der Waals surface area contributed by atoms with Gasteiger partial charge in [0.2, 0.25) is 0 Å². The number of aliphatic hydroxyl groups is 1. The van der Waals surface area contributed by atoms with Crippen LogP contribution in [0.15, 0.2) is 48.9 Å². The second-order valence-corrected chi connectivity index (χ2v) is 4.47. The minimum atomic E-state index is -0.492. The van der Waals surface area contributed by atoms with Crippen LogP contribution in [0.3, 0.4) is 0 Å². The van der Waals surface area contributed by atoms with Crippen LogP contribution in [0, 0.1) is 0 Å². The quantitative estimate of drug-likeness (QED) is 0.780. The summed E-state index contributed by atoms with van der Waals surface area (Å²) in [5.74, 6) is 0. The number of pyridine rings is 1. The van der Waals surface area contributed by atoms with Gasteiger partial charge >= 0.3 is 0 Å². The molecular weight excluding hydrogens is 238 g/mol. The molecule has 0 spiro atoms. The predicted octanol–water partition coefficient (Wildman–Crippen LogP) is 2.86. The van der Waals surface area contributed by atoms with E-state index in [2.05, 4.69) is 9.97 Å². The first-order valence-electron chi connectivity index (χ1n) is 6.36. The molecule has 19 heavy (non-hydrogen) atoms. The lowest BCUT2D eigenvalue weighted by Crippen LogP contribution is -2.00. The van der Waals surface area contributed by atoms with Crippen molar-refractivity contribution in [3.63, 3.8) is 0 Å². The highest BCUT2D eigenvalue weighted by Crippen LogP contribution is 2.19. The zero-order valence-electron chi connectivity index (χ0n) is 10.7. The van der Waals surface area contributed by atoms with Gasteiger partial charge in [0.05, 0.1) is 34.7 Å². The Bertz CT molecular complexity index is 688. The SMILES string of the molecule is CC[C@H](O)c1ccc(-n2cnc3ccccc32)cn1. The number of nitrogens with zero attached hydrogens (tertiary/aromatic N) is 3. The maximum absolute atomic E-state index is 9.74. The normalized spacial score (nSPS) is 12.7. The number of imidazole rings is 1. The Morgan fingerprint density at radius 1 is 1.16 bits per heavy atom. The van der Waals surface area contributed by atoms with Crippen LogP contribution >= 0.6 is 0 Å². The van der Waals surface area contributed by atoms with Crippen LogP contribution < -0.4 is 0 Å². The van der Waals surface area contributed by atoms with Crippen molar-refractivity contribution >= 4 is 11.0 Å². The fourth-order valence-corrected chi connectivity index (χ4v) is 2.11. The van der Waals surface area contributed by atoms with Crippen molar-refractivity contribution in [2.24, 2.45) is 0 Å². The third-order valence-electron chi connectivity index (χ3n) is 3.23. The Hall–Kier alpha value is -2.20. The third kappa shape index (κ3) is 2.11. The summed E-state index contributed by atoms with van der Waals surface area (Å²) < 4.78 is 1.99. The molecule has 4 nitrogen and oxygen atoms in total. The average Bonchev–Trinajstić information content (AvgIpc) is 2.90. The highest BCUT2D eigenvalue weighted by molar-refractivity contribution is 5.77. The number of hydrogen-bond donors (Lipinski definition) is 1. The molecule has 2 heterocycles. The number of benzene rings is 1. The average molecular weight is 253 g/mol. The molecule has 0 saturated carbocycles. The molecule has 0 aliphatic rings. The standard InChI is InChI=1S/C15H15N3O/c1-2-15(19)13-8-7-11(9-16-13)18-10-17-12-5-3-4-6-14(12)18/h3-10,15,19H,2H2,1H3/t15-/m0/s1. The van der Waals surface area contributed by atoms with Crippen LogP contribution in [-0.4, -0.2) is 19.6 Å². The molecule has 0 aliphatic carbocycles. The summed E-state index contributed by atoms with van der Waals surface area (Å²) in [7, 11) is 0. The summed E-state index contributed by atoms with van der Waals surface area (Å²) in [4.78, 5) is 8.67. The topological polar surface area (TPSA) is 50.9 Å². The van der Waals surface area contributed by atoms with Gasteiger partial charge in [-0.1, -0.05) is 19.1 Å². The first-order valence-corrected chi connectivity index (χ1v) is 6.36. The highest BCUT2D eigenvalue weighted by atomic mass is 16.3. The second kappa shape index (κ2) is 4.82. The molecule has 1 atom stereocenters. The van der Waals surface area contributed by atoms with Gasteiger partial charge in [-0.3, -0.25) is 9.55 Å². The molecule has 0 aliphatic heterocycles. The largest absolute Gasteiger partial charge is 0.387 e. The van der Waals surface area contributed by atoms with Gasteiger partial charge in [0.25, 0.3) is 0 Å². The van der Waals surface area contributed by atoms with Gasteiger partial charge in [0.1, 0.15) is 6.33 Å². The third-order valence-corrected chi connectivity index (χ3v) is 3.23. The minimum absolute atomic E-state index is 0.492. The first-order chi connectivity index (χ1) is 9.29. The van der Waals surface area contributed by atoms with Crippen molar-refractivity contribution in [2.45, 2.75) is 19.4 Å². The lowest BCUT2D eigenvalue weighted by atomic mass is 10.2. The molecule has 0 bridgehead atoms. The van der Waals surface area contributed by atoms with E-state index < -0.39 is 6.10 Å². The van der Waals surface area contributed by atoms with E-state index in [0.29, 0.717) is 12.1 Å². The fraction of sp³-hybridized carbons (Fsp3) is 0.200. The number of hydrogen-bond acceptors (Lipinski definition) is 3. The molecule has 4 heteroatoms. The molecular formula is C15H15N3O. The molecule has 0 radical (unpaired) electrons. The van der Waals surface area contributed by atoms with Gasteiger partial charge in [-0.2, -0.15) is 0 Å². The van der Waals surface area contributed by atoms with Gasteiger partial charge in [-0.05, 0) is 30.7 Å². The Morgan fingerprint density at radius 2 is 2.00 bits per heavy atom. The van der Waals surface area contributed by atoms with Crippen LogP contribution in [0.5, 0.6) is 0 Å². The molecule has 0 unspecified atom stereocenters. The number of rotatable bonds is 3. The van der Waals surface area contributed by atoms with E-state index in [1.807, 2.05) is 47.9 Å². The van der Waals surface area contributed by atoms with E-state index in [1.54, 1.807) is 12.5 Å². The summed E-state index contributed by atoms with van der Waals surface area (Å²) in [6, 6.07) is 11.8. The molecule has 1 N–H and O–H groups in total. The maximum atomic E-state index is 9.74. The summed E-state index contributed by atoms with van der Waals surface area (Å²) in [5.41, 5.74) is 3.66. The zero-order valence-corrected chi connectivity index (χ0v) is 10.7. The Kier molecular flexibility index (Phi) is 3.01. The molecule has 0 fully saturated rings. The summed E-state index contributed by atoms with van der Waals surface area (Å²) in [6.07, 6.45) is 3.73. The van der Waals surface area contributed by atoms with E-state index in [0.717, 1.165) is 16.7 Å². The number of para-hydroxylation sites is 2. The summed E-state index contributed by atoms with van der Waals surface area (Å²) in [5, 5.41) is 9.74. The fourth-order valence-electron chi connectivity index (χ4n) is 2.11. The van der Waals surface area contributed by atoms with E-state index in [4.69, 9.17) is 0 Å². The first kappa shape index (κ1) is 11.9. The molecule has 1 aromatic carbocycles. The number of aliphatic hydroxyl groups excluding tert-OH is 1. The van der Waals surface area contributed by atoms with E-state index in [9.17, 15) is 5.11 Å². The monoisotopic (exact) mass is 253 g/mol. The lowest BCUT2D eigenvalue weighted by Gasteiger charge is -2.08. The molecule has 0 saturated heterocycles. The second-order valence-electron chi connectivity index (χ2n) is 4.47. The van der Waals surface area contributed by atoms with Crippen LogP contribution in [0.25, 0.3) is 16.7 Å². The van der Waals surface area contributed by atoms with E-state index in [-0.39, 0.29) is 0 Å². The predicted molar refractivity (Wildman–Crippen MR) is 74.1 cm³/mol. The molecule has 3 rings (SSSR count). The van der Waals surface area contributed by atoms with Crippen molar-refractivity contribution in [3.8, 4) is 5.69 Å². The van der Waals surface area contributed by atoms with Crippen molar-refractivity contribution in [2.75, 3.05) is 0 Å². The Balaban J connectivity index is 2.02. The molecule has 0 amide bonds. The van der Waals surface area contributed by atoms with Crippen molar-refractivity contribution in [1.82, 2.24) is 14.5 Å². The highest BCUT2D eigenvalue weighted by Gasteiger charge is 2.08. The summed E-state index contributed by atoms with van der Waals surface area (Å²) >= 11 is 0. The van der Waals surface area contributed by atoms with Crippen LogP contribution in [0.1, 0.15) is 25.1 Å². The number of aromatic nitrogens is 3. The summed E-state index contributed by atoms with van der Waals surface area (Å²) in [6.45, 7) is 1.93. The van der Waals surface area contributed by atoms with Gasteiger partial charge in [-0.15, -0.1) is 0 Å². The van der Waals surface area contributed by atoms with E-state index >= 15 is 0 Å². The van der Waals surface area contributed by atoms with Gasteiger partial charge in [0, 0.05) is 0 Å². The van der Waals surface area contributed by atoms with Crippen molar-refractivity contribution in [1.29, 1.82) is 0 Å². The molecule has 2 aromatic heterocycles. The smallest absolute Gasteiger partial charge is 0.100 e. The Labute approximate surface area is 111 Å². The van der Waals surface area contributed by atoms with Gasteiger partial charge < -0.3 is 5.11 Å². The molecule has 3 aromatic rings. The van der Waals surface area contributed by atoms with Crippen molar-refractivity contribution < 1.29 is 5.11 Å².